The second-order valence-electron chi connectivity index (χ2n) is 6.55. The number of nitrogens with zero attached hydrogens (tertiary/aromatic N) is 4. The van der Waals surface area contributed by atoms with E-state index >= 15 is 0 Å². The number of ether oxygens (including phenoxy) is 4. The minimum atomic E-state index is -0.514. The molecule has 0 atom stereocenters. The summed E-state index contributed by atoms with van der Waals surface area (Å²) in [5.41, 5.74) is 6.70. The van der Waals surface area contributed by atoms with Crippen LogP contribution in [0.25, 0.3) is 11.5 Å². The highest BCUT2D eigenvalue weighted by Crippen LogP contribution is 2.35. The molecule has 0 aliphatic carbocycles. The van der Waals surface area contributed by atoms with Gasteiger partial charge in [-0.2, -0.15) is 0 Å². The highest BCUT2D eigenvalue weighted by atomic mass is 16.5. The van der Waals surface area contributed by atoms with E-state index < -0.39 is 5.97 Å². The predicted octanol–water partition coefficient (Wildman–Crippen LogP) is 2.59. The molecule has 2 heterocycles. The van der Waals surface area contributed by atoms with E-state index in [1.807, 2.05) is 16.7 Å². The average molecular weight is 427 g/mol. The molecule has 10 nitrogen and oxygen atoms in total. The van der Waals surface area contributed by atoms with Gasteiger partial charge in [0.25, 0.3) is 0 Å². The summed E-state index contributed by atoms with van der Waals surface area (Å²) in [6.45, 7) is 1.07. The Morgan fingerprint density at radius 3 is 2.55 bits per heavy atom. The molecule has 2 N–H and O–H groups in total. The zero-order chi connectivity index (χ0) is 22.2. The molecular weight excluding hydrogens is 402 g/mol. The van der Waals surface area contributed by atoms with Crippen molar-refractivity contribution >= 4 is 11.8 Å². The lowest BCUT2D eigenvalue weighted by molar-refractivity contribution is 0.0595. The summed E-state index contributed by atoms with van der Waals surface area (Å²) in [5.74, 6) is 1.83. The zero-order valence-corrected chi connectivity index (χ0v) is 17.7. The van der Waals surface area contributed by atoms with Crippen molar-refractivity contribution in [1.82, 2.24) is 19.7 Å². The van der Waals surface area contributed by atoms with E-state index in [0.717, 1.165) is 12.8 Å². The first-order chi connectivity index (χ1) is 15.1. The molecule has 31 heavy (non-hydrogen) atoms. The fourth-order valence-electron chi connectivity index (χ4n) is 3.01. The summed E-state index contributed by atoms with van der Waals surface area (Å²) in [5, 5.41) is 8.11. The molecule has 3 rings (SSSR count). The maximum Gasteiger partial charge on any atom is 0.341 e. The first-order valence-electron chi connectivity index (χ1n) is 9.65. The van der Waals surface area contributed by atoms with Gasteiger partial charge >= 0.3 is 5.97 Å². The van der Waals surface area contributed by atoms with Crippen LogP contribution in [0.1, 0.15) is 23.2 Å². The zero-order valence-electron chi connectivity index (χ0n) is 17.7. The van der Waals surface area contributed by atoms with E-state index in [0.29, 0.717) is 47.7 Å². The van der Waals surface area contributed by atoms with Crippen LogP contribution in [-0.4, -0.2) is 53.7 Å². The third-order valence-corrected chi connectivity index (χ3v) is 4.56. The molecule has 0 unspecified atom stereocenters. The third-order valence-electron chi connectivity index (χ3n) is 4.56. The second-order valence-corrected chi connectivity index (χ2v) is 6.55. The van der Waals surface area contributed by atoms with Gasteiger partial charge in [-0.15, -0.1) is 10.2 Å². The summed E-state index contributed by atoms with van der Waals surface area (Å²) in [6.07, 6.45) is 3.19. The molecule has 0 amide bonds. The van der Waals surface area contributed by atoms with Crippen molar-refractivity contribution in [3.63, 3.8) is 0 Å². The van der Waals surface area contributed by atoms with Crippen LogP contribution in [-0.2, 0) is 11.3 Å². The van der Waals surface area contributed by atoms with E-state index in [9.17, 15) is 4.79 Å². The van der Waals surface area contributed by atoms with Gasteiger partial charge in [0.1, 0.15) is 29.2 Å². The van der Waals surface area contributed by atoms with Gasteiger partial charge in [0, 0.05) is 18.7 Å². The number of hydrogen-bond donors (Lipinski definition) is 1. The fraction of sp³-hybridized carbons (Fsp3) is 0.333. The highest BCUT2D eigenvalue weighted by molar-refractivity contribution is 5.93. The molecule has 0 saturated heterocycles. The Hall–Kier alpha value is -3.82. The Balaban J connectivity index is 1.61. The number of benzene rings is 1. The van der Waals surface area contributed by atoms with Crippen molar-refractivity contribution in [3.05, 3.63) is 42.2 Å². The Bertz CT molecular complexity index is 1040. The SMILES string of the molecule is COC(=O)c1cc(OC)c(OC)cc1OCCCCn1cnnc1-c1cccc(N)n1. The molecule has 0 spiro atoms. The summed E-state index contributed by atoms with van der Waals surface area (Å²) >= 11 is 0. The maximum absolute atomic E-state index is 12.1. The lowest BCUT2D eigenvalue weighted by atomic mass is 10.1. The number of aryl methyl sites for hydroxylation is 1. The first kappa shape index (κ1) is 21.9. The minimum absolute atomic E-state index is 0.272. The summed E-state index contributed by atoms with van der Waals surface area (Å²) < 4.78 is 23.1. The van der Waals surface area contributed by atoms with Gasteiger partial charge in [0.05, 0.1) is 27.9 Å². The molecule has 0 fully saturated rings. The van der Waals surface area contributed by atoms with E-state index in [2.05, 4.69) is 15.2 Å². The summed E-state index contributed by atoms with van der Waals surface area (Å²) in [6, 6.07) is 8.55. The van der Waals surface area contributed by atoms with E-state index in [4.69, 9.17) is 24.7 Å². The van der Waals surface area contributed by atoms with Gasteiger partial charge in [-0.1, -0.05) is 6.07 Å². The molecule has 0 bridgehead atoms. The number of nitrogens with two attached hydrogens (primary N) is 1. The fourth-order valence-corrected chi connectivity index (χ4v) is 3.01. The number of carbonyl (C=O) groups is 1. The number of unbranched alkanes of at least 4 members (excludes halogenated alkanes) is 1. The van der Waals surface area contributed by atoms with Crippen molar-refractivity contribution in [1.29, 1.82) is 0 Å². The van der Waals surface area contributed by atoms with Crippen LogP contribution in [0.2, 0.25) is 0 Å². The van der Waals surface area contributed by atoms with Crippen LogP contribution in [0.4, 0.5) is 5.82 Å². The summed E-state index contributed by atoms with van der Waals surface area (Å²) in [4.78, 5) is 16.4. The maximum atomic E-state index is 12.1. The second kappa shape index (κ2) is 10.3. The van der Waals surface area contributed by atoms with Gasteiger partial charge in [-0.05, 0) is 25.0 Å². The molecule has 0 aliphatic heterocycles. The van der Waals surface area contributed by atoms with Crippen molar-refractivity contribution in [2.24, 2.45) is 0 Å². The number of carbonyl (C=O) groups excluding carboxylic acids is 1. The lowest BCUT2D eigenvalue weighted by Crippen LogP contribution is -2.09. The normalized spacial score (nSPS) is 10.5. The van der Waals surface area contributed by atoms with Gasteiger partial charge in [-0.25, -0.2) is 9.78 Å². The molecule has 1 aromatic carbocycles. The summed E-state index contributed by atoms with van der Waals surface area (Å²) in [7, 11) is 4.33. The molecule has 164 valence electrons. The third kappa shape index (κ3) is 5.21. The largest absolute Gasteiger partial charge is 0.493 e. The van der Waals surface area contributed by atoms with Crippen molar-refractivity contribution in [2.75, 3.05) is 33.7 Å². The van der Waals surface area contributed by atoms with Crippen LogP contribution in [0.3, 0.4) is 0 Å². The minimum Gasteiger partial charge on any atom is -0.493 e. The lowest BCUT2D eigenvalue weighted by Gasteiger charge is -2.14. The number of aromatic nitrogens is 4. The average Bonchev–Trinajstić information content (AvgIpc) is 3.26. The number of esters is 1. The molecule has 0 saturated carbocycles. The Labute approximate surface area is 179 Å². The quantitative estimate of drug-likeness (QED) is 0.384. The monoisotopic (exact) mass is 427 g/mol. The van der Waals surface area contributed by atoms with Gasteiger partial charge in [-0.3, -0.25) is 0 Å². The van der Waals surface area contributed by atoms with E-state index in [1.54, 1.807) is 24.5 Å². The van der Waals surface area contributed by atoms with Gasteiger partial charge in [0.15, 0.2) is 17.3 Å². The number of pyridine rings is 1. The predicted molar refractivity (Wildman–Crippen MR) is 113 cm³/mol. The molecule has 10 heteroatoms. The van der Waals surface area contributed by atoms with Crippen LogP contribution >= 0.6 is 0 Å². The van der Waals surface area contributed by atoms with Gasteiger partial charge in [0.2, 0.25) is 0 Å². The molecular formula is C21H25N5O5. The van der Waals surface area contributed by atoms with Gasteiger partial charge < -0.3 is 29.2 Å². The van der Waals surface area contributed by atoms with Crippen LogP contribution in [0.5, 0.6) is 17.2 Å². The van der Waals surface area contributed by atoms with Crippen LogP contribution in [0, 0.1) is 0 Å². The van der Waals surface area contributed by atoms with E-state index in [1.165, 1.54) is 21.3 Å². The molecule has 0 radical (unpaired) electrons. The number of methoxy groups -OCH3 is 3. The van der Waals surface area contributed by atoms with Crippen LogP contribution in [0.15, 0.2) is 36.7 Å². The van der Waals surface area contributed by atoms with E-state index in [-0.39, 0.29) is 5.56 Å². The van der Waals surface area contributed by atoms with Crippen LogP contribution < -0.4 is 19.9 Å². The Morgan fingerprint density at radius 1 is 1.06 bits per heavy atom. The molecule has 0 aliphatic rings. The smallest absolute Gasteiger partial charge is 0.341 e. The van der Waals surface area contributed by atoms with Crippen molar-refractivity contribution in [3.8, 4) is 28.8 Å². The molecule has 2 aromatic heterocycles. The topological polar surface area (TPSA) is 124 Å². The Morgan fingerprint density at radius 2 is 1.84 bits per heavy atom. The number of rotatable bonds is 10. The number of nitrogen functional groups attached to an aromatic ring is 1. The highest BCUT2D eigenvalue weighted by Gasteiger charge is 2.18. The molecule has 3 aromatic rings. The number of anilines is 1. The van der Waals surface area contributed by atoms with Crippen molar-refractivity contribution < 1.29 is 23.7 Å². The van der Waals surface area contributed by atoms with Crippen molar-refractivity contribution in [2.45, 2.75) is 19.4 Å². The first-order valence-corrected chi connectivity index (χ1v) is 9.65. The number of hydrogen-bond acceptors (Lipinski definition) is 9. The Kier molecular flexibility index (Phi) is 7.26. The standard InChI is InChI=1S/C21H25N5O5/c1-28-17-11-14(21(27)30-3)16(12-18(17)29-2)31-10-5-4-9-26-13-23-25-20(26)15-7-6-8-19(22)24-15/h6-8,11-13H,4-5,9-10H2,1-3H3,(H2,22,24).